The first-order valence-corrected chi connectivity index (χ1v) is 10.4. The van der Waals surface area contributed by atoms with Crippen LogP contribution in [0, 0.1) is 33.1 Å². The van der Waals surface area contributed by atoms with Crippen LogP contribution in [0.2, 0.25) is 0 Å². The Bertz CT molecular complexity index is 1080. The Morgan fingerprint density at radius 2 is 1.66 bits per heavy atom. The van der Waals surface area contributed by atoms with Gasteiger partial charge in [-0.1, -0.05) is 12.0 Å². The zero-order chi connectivity index (χ0) is 21.8. The van der Waals surface area contributed by atoms with Crippen LogP contribution < -0.4 is 4.72 Å². The van der Waals surface area contributed by atoms with E-state index >= 15 is 0 Å². The summed E-state index contributed by atoms with van der Waals surface area (Å²) >= 11 is 0. The van der Waals surface area contributed by atoms with Crippen molar-refractivity contribution >= 4 is 21.8 Å². The number of esters is 1. The topological polar surface area (TPSA) is 89.5 Å². The fraction of sp³-hybridized carbons (Fsp3) is 0.273. The highest BCUT2D eigenvalue weighted by Gasteiger charge is 2.23. The first kappa shape index (κ1) is 22.3. The fourth-order valence-electron chi connectivity index (χ4n) is 2.72. The number of terminal acetylenes is 1. The van der Waals surface area contributed by atoms with Gasteiger partial charge in [-0.3, -0.25) is 4.79 Å². The van der Waals surface area contributed by atoms with E-state index in [0.717, 1.165) is 16.7 Å². The minimum Gasteiger partial charge on any atom is -0.451 e. The molecule has 1 atom stereocenters. The standard InChI is InChI=1S/C22H23NO5S/c1-6-11-23-29(26,27)19-9-7-18(8-10-19)22(25)28-17(5)21(24)20-13-15(3)14(2)12-16(20)4/h1,7-10,12-13,17,23H,11H2,2-5H3. The fourth-order valence-corrected chi connectivity index (χ4v) is 3.65. The lowest BCUT2D eigenvalue weighted by Crippen LogP contribution is -2.25. The van der Waals surface area contributed by atoms with Gasteiger partial charge in [-0.05, 0) is 74.7 Å². The molecule has 0 spiro atoms. The summed E-state index contributed by atoms with van der Waals surface area (Å²) in [7, 11) is -3.75. The summed E-state index contributed by atoms with van der Waals surface area (Å²) in [5.41, 5.74) is 3.52. The third-order valence-corrected chi connectivity index (χ3v) is 5.94. The second-order valence-corrected chi connectivity index (χ2v) is 8.48. The number of nitrogens with one attached hydrogen (secondary N) is 1. The zero-order valence-electron chi connectivity index (χ0n) is 16.8. The van der Waals surface area contributed by atoms with Gasteiger partial charge in [-0.2, -0.15) is 4.72 Å². The van der Waals surface area contributed by atoms with Crippen molar-refractivity contribution in [2.45, 2.75) is 38.7 Å². The number of Topliss-reactive ketones (excluding diaryl/α,β-unsaturated/α-hetero) is 1. The van der Waals surface area contributed by atoms with E-state index in [1.165, 1.54) is 31.2 Å². The van der Waals surface area contributed by atoms with Gasteiger partial charge in [-0.25, -0.2) is 13.2 Å². The van der Waals surface area contributed by atoms with E-state index in [-0.39, 0.29) is 22.8 Å². The first-order chi connectivity index (χ1) is 13.6. The predicted molar refractivity (Wildman–Crippen MR) is 110 cm³/mol. The lowest BCUT2D eigenvalue weighted by atomic mass is 9.96. The van der Waals surface area contributed by atoms with Crippen LogP contribution >= 0.6 is 0 Å². The summed E-state index contributed by atoms with van der Waals surface area (Å²) in [5, 5.41) is 0. The second kappa shape index (κ2) is 9.03. The summed E-state index contributed by atoms with van der Waals surface area (Å²) in [6.07, 6.45) is 4.07. The molecule has 152 valence electrons. The Morgan fingerprint density at radius 1 is 1.07 bits per heavy atom. The number of hydrogen-bond donors (Lipinski definition) is 1. The number of aryl methyl sites for hydroxylation is 3. The van der Waals surface area contributed by atoms with Crippen molar-refractivity contribution in [2.24, 2.45) is 0 Å². The van der Waals surface area contributed by atoms with Crippen molar-refractivity contribution in [1.82, 2.24) is 4.72 Å². The number of sulfonamides is 1. The lowest BCUT2D eigenvalue weighted by Gasteiger charge is -2.15. The SMILES string of the molecule is C#CCNS(=O)(=O)c1ccc(C(=O)OC(C)C(=O)c2cc(C)c(C)cc2C)cc1. The molecule has 0 saturated heterocycles. The lowest BCUT2D eigenvalue weighted by molar-refractivity contribution is 0.0318. The maximum atomic E-state index is 12.7. The molecule has 0 aliphatic heterocycles. The molecule has 0 aliphatic rings. The van der Waals surface area contributed by atoms with Gasteiger partial charge in [0.25, 0.3) is 0 Å². The van der Waals surface area contributed by atoms with Gasteiger partial charge in [0, 0.05) is 5.56 Å². The molecular weight excluding hydrogens is 390 g/mol. The van der Waals surface area contributed by atoms with Crippen LogP contribution in [0.5, 0.6) is 0 Å². The van der Waals surface area contributed by atoms with Crippen molar-refractivity contribution < 1.29 is 22.7 Å². The highest BCUT2D eigenvalue weighted by atomic mass is 32.2. The van der Waals surface area contributed by atoms with E-state index in [9.17, 15) is 18.0 Å². The third kappa shape index (κ3) is 5.31. The number of hydrogen-bond acceptors (Lipinski definition) is 5. The first-order valence-electron chi connectivity index (χ1n) is 8.93. The van der Waals surface area contributed by atoms with Gasteiger partial charge in [0.15, 0.2) is 6.10 Å². The molecule has 1 N–H and O–H groups in total. The molecule has 0 aromatic heterocycles. The Labute approximate surface area is 171 Å². The van der Waals surface area contributed by atoms with Crippen LogP contribution in [0.25, 0.3) is 0 Å². The minimum atomic E-state index is -3.75. The van der Waals surface area contributed by atoms with E-state index in [2.05, 4.69) is 10.6 Å². The molecule has 0 saturated carbocycles. The van der Waals surface area contributed by atoms with E-state index in [1.807, 2.05) is 26.8 Å². The van der Waals surface area contributed by atoms with Crippen LogP contribution in [0.3, 0.4) is 0 Å². The largest absolute Gasteiger partial charge is 0.451 e. The summed E-state index contributed by atoms with van der Waals surface area (Å²) in [6, 6.07) is 8.91. The normalized spacial score (nSPS) is 12.1. The maximum absolute atomic E-state index is 12.7. The number of ether oxygens (including phenoxy) is 1. The number of ketones is 1. The zero-order valence-corrected chi connectivity index (χ0v) is 17.6. The summed E-state index contributed by atoms with van der Waals surface area (Å²) in [6.45, 7) is 7.09. The van der Waals surface area contributed by atoms with Crippen molar-refractivity contribution in [2.75, 3.05) is 6.54 Å². The predicted octanol–water partition coefficient (Wildman–Crippen LogP) is 2.95. The van der Waals surface area contributed by atoms with Crippen molar-refractivity contribution in [3.05, 3.63) is 64.2 Å². The maximum Gasteiger partial charge on any atom is 0.338 e. The Morgan fingerprint density at radius 3 is 2.24 bits per heavy atom. The molecule has 6 nitrogen and oxygen atoms in total. The van der Waals surface area contributed by atoms with E-state index in [0.29, 0.717) is 5.56 Å². The van der Waals surface area contributed by atoms with E-state index < -0.39 is 22.1 Å². The van der Waals surface area contributed by atoms with Crippen LogP contribution in [0.15, 0.2) is 41.3 Å². The minimum absolute atomic E-state index is 0.0285. The van der Waals surface area contributed by atoms with Gasteiger partial charge < -0.3 is 4.74 Å². The molecule has 0 bridgehead atoms. The van der Waals surface area contributed by atoms with Crippen molar-refractivity contribution in [3.8, 4) is 12.3 Å². The van der Waals surface area contributed by atoms with Crippen LogP contribution in [-0.2, 0) is 14.8 Å². The molecular formula is C22H23NO5S. The number of carbonyl (C=O) groups is 2. The number of rotatable bonds is 7. The van der Waals surface area contributed by atoms with E-state index in [4.69, 9.17) is 11.2 Å². The molecule has 2 rings (SSSR count). The Hall–Kier alpha value is -2.95. The van der Waals surface area contributed by atoms with Crippen LogP contribution in [-0.4, -0.2) is 32.8 Å². The molecule has 0 fully saturated rings. The summed E-state index contributed by atoms with van der Waals surface area (Å²) in [5.74, 6) is 1.17. The van der Waals surface area contributed by atoms with Gasteiger partial charge in [0.1, 0.15) is 0 Å². The average Bonchev–Trinajstić information content (AvgIpc) is 2.68. The summed E-state index contributed by atoms with van der Waals surface area (Å²) in [4.78, 5) is 25.0. The van der Waals surface area contributed by atoms with Crippen molar-refractivity contribution in [1.29, 1.82) is 0 Å². The van der Waals surface area contributed by atoms with Gasteiger partial charge in [0.2, 0.25) is 15.8 Å². The smallest absolute Gasteiger partial charge is 0.338 e. The Kier molecular flexibility index (Phi) is 6.96. The Balaban J connectivity index is 2.13. The van der Waals surface area contributed by atoms with E-state index in [1.54, 1.807) is 6.07 Å². The molecule has 0 radical (unpaired) electrons. The number of carbonyl (C=O) groups excluding carboxylic acids is 2. The van der Waals surface area contributed by atoms with Gasteiger partial charge in [-0.15, -0.1) is 6.42 Å². The highest BCUT2D eigenvalue weighted by Crippen LogP contribution is 2.19. The molecule has 1 unspecified atom stereocenters. The van der Waals surface area contributed by atoms with Crippen LogP contribution in [0.1, 0.15) is 44.3 Å². The molecule has 7 heteroatoms. The monoisotopic (exact) mass is 413 g/mol. The molecule has 0 amide bonds. The summed E-state index contributed by atoms with van der Waals surface area (Å²) < 4.78 is 31.5. The molecule has 0 heterocycles. The molecule has 2 aromatic rings. The molecule has 29 heavy (non-hydrogen) atoms. The quantitative estimate of drug-likeness (QED) is 0.428. The number of benzene rings is 2. The van der Waals surface area contributed by atoms with Crippen LogP contribution in [0.4, 0.5) is 0 Å². The van der Waals surface area contributed by atoms with Gasteiger partial charge in [0.05, 0.1) is 17.0 Å². The molecule has 2 aromatic carbocycles. The molecule has 0 aliphatic carbocycles. The van der Waals surface area contributed by atoms with Crippen molar-refractivity contribution in [3.63, 3.8) is 0 Å². The highest BCUT2D eigenvalue weighted by molar-refractivity contribution is 7.89. The average molecular weight is 413 g/mol. The second-order valence-electron chi connectivity index (χ2n) is 6.72. The third-order valence-electron chi connectivity index (χ3n) is 4.52. The van der Waals surface area contributed by atoms with Gasteiger partial charge >= 0.3 is 5.97 Å².